The van der Waals surface area contributed by atoms with Crippen LogP contribution >= 0.6 is 0 Å². The van der Waals surface area contributed by atoms with Crippen LogP contribution in [0.5, 0.6) is 0 Å². The maximum Gasteiger partial charge on any atom is 0.229 e. The van der Waals surface area contributed by atoms with Gasteiger partial charge in [-0.05, 0) is 25.0 Å². The Morgan fingerprint density at radius 2 is 1.80 bits per heavy atom. The van der Waals surface area contributed by atoms with Gasteiger partial charge in [-0.3, -0.25) is 9.59 Å². The first-order chi connectivity index (χ1) is 9.63. The third kappa shape index (κ3) is 3.18. The summed E-state index contributed by atoms with van der Waals surface area (Å²) in [5.41, 5.74) is 0.921. The van der Waals surface area contributed by atoms with Crippen LogP contribution in [0.2, 0.25) is 0 Å². The predicted molar refractivity (Wildman–Crippen MR) is 79.4 cm³/mol. The molecule has 0 radical (unpaired) electrons. The van der Waals surface area contributed by atoms with Crippen LogP contribution in [0.25, 0.3) is 0 Å². The molecule has 1 aromatic carbocycles. The Bertz CT molecular complexity index is 465. The molecule has 1 saturated heterocycles. The van der Waals surface area contributed by atoms with Gasteiger partial charge in [0.25, 0.3) is 0 Å². The Labute approximate surface area is 120 Å². The number of carbonyl (C=O) groups excluding carboxylic acids is 2. The number of amides is 2. The van der Waals surface area contributed by atoms with Gasteiger partial charge in [0, 0.05) is 38.2 Å². The van der Waals surface area contributed by atoms with Crippen molar-refractivity contribution in [2.75, 3.05) is 25.0 Å². The molecule has 20 heavy (non-hydrogen) atoms. The number of rotatable bonds is 3. The lowest BCUT2D eigenvalue weighted by Gasteiger charge is -2.33. The number of piperidine rings is 1. The second-order valence-corrected chi connectivity index (χ2v) is 5.24. The SMILES string of the molecule is CCC(=O)N1CCC(C(=O)N(C)c2ccccc2)CC1. The molecule has 1 heterocycles. The molecular weight excluding hydrogens is 252 g/mol. The Morgan fingerprint density at radius 1 is 1.20 bits per heavy atom. The smallest absolute Gasteiger partial charge is 0.229 e. The lowest BCUT2D eigenvalue weighted by molar-refractivity contribution is -0.134. The zero-order chi connectivity index (χ0) is 14.5. The average molecular weight is 274 g/mol. The van der Waals surface area contributed by atoms with Crippen molar-refractivity contribution < 1.29 is 9.59 Å². The fourth-order valence-corrected chi connectivity index (χ4v) is 2.65. The largest absolute Gasteiger partial charge is 0.343 e. The fourth-order valence-electron chi connectivity index (χ4n) is 2.65. The molecule has 0 atom stereocenters. The van der Waals surface area contributed by atoms with E-state index in [-0.39, 0.29) is 17.7 Å². The zero-order valence-electron chi connectivity index (χ0n) is 12.2. The summed E-state index contributed by atoms with van der Waals surface area (Å²) in [6, 6.07) is 9.68. The maximum absolute atomic E-state index is 12.5. The molecule has 0 bridgehead atoms. The molecule has 1 fully saturated rings. The van der Waals surface area contributed by atoms with E-state index in [0.29, 0.717) is 19.5 Å². The van der Waals surface area contributed by atoms with Crippen LogP contribution in [0.1, 0.15) is 26.2 Å². The Kier molecular flexibility index (Phi) is 4.77. The first-order valence-electron chi connectivity index (χ1n) is 7.24. The van der Waals surface area contributed by atoms with Crippen molar-refractivity contribution in [1.82, 2.24) is 4.90 Å². The summed E-state index contributed by atoms with van der Waals surface area (Å²) >= 11 is 0. The number of hydrogen-bond donors (Lipinski definition) is 0. The summed E-state index contributed by atoms with van der Waals surface area (Å²) in [7, 11) is 1.82. The Balaban J connectivity index is 1.93. The number of hydrogen-bond acceptors (Lipinski definition) is 2. The lowest BCUT2D eigenvalue weighted by atomic mass is 9.95. The summed E-state index contributed by atoms with van der Waals surface area (Å²) in [6.07, 6.45) is 2.08. The first-order valence-corrected chi connectivity index (χ1v) is 7.24. The van der Waals surface area contributed by atoms with E-state index in [1.165, 1.54) is 0 Å². The maximum atomic E-state index is 12.5. The summed E-state index contributed by atoms with van der Waals surface area (Å²) in [6.45, 7) is 3.28. The van der Waals surface area contributed by atoms with E-state index in [4.69, 9.17) is 0 Å². The molecule has 0 unspecified atom stereocenters. The van der Waals surface area contributed by atoms with Crippen LogP contribution in [0.4, 0.5) is 5.69 Å². The van der Waals surface area contributed by atoms with Gasteiger partial charge in [-0.1, -0.05) is 25.1 Å². The topological polar surface area (TPSA) is 40.6 Å². The van der Waals surface area contributed by atoms with Gasteiger partial charge in [0.15, 0.2) is 0 Å². The quantitative estimate of drug-likeness (QED) is 0.848. The molecule has 0 aliphatic carbocycles. The van der Waals surface area contributed by atoms with Gasteiger partial charge >= 0.3 is 0 Å². The number of likely N-dealkylation sites (tertiary alicyclic amines) is 1. The second kappa shape index (κ2) is 6.55. The first kappa shape index (κ1) is 14.6. The van der Waals surface area contributed by atoms with Crippen LogP contribution in [-0.4, -0.2) is 36.9 Å². The number of carbonyl (C=O) groups is 2. The van der Waals surface area contributed by atoms with E-state index < -0.39 is 0 Å². The molecule has 2 amide bonds. The third-order valence-electron chi connectivity index (χ3n) is 3.97. The highest BCUT2D eigenvalue weighted by Gasteiger charge is 2.28. The van der Waals surface area contributed by atoms with Gasteiger partial charge < -0.3 is 9.80 Å². The number of benzene rings is 1. The molecule has 0 spiro atoms. The van der Waals surface area contributed by atoms with Crippen LogP contribution in [0.3, 0.4) is 0 Å². The molecule has 0 saturated carbocycles. The molecule has 1 aliphatic rings. The minimum absolute atomic E-state index is 0.0288. The van der Waals surface area contributed by atoms with Crippen molar-refractivity contribution in [2.24, 2.45) is 5.92 Å². The van der Waals surface area contributed by atoms with E-state index in [0.717, 1.165) is 18.5 Å². The molecule has 108 valence electrons. The van der Waals surface area contributed by atoms with Crippen molar-refractivity contribution in [3.05, 3.63) is 30.3 Å². The van der Waals surface area contributed by atoms with Gasteiger partial charge in [0.2, 0.25) is 11.8 Å². The monoisotopic (exact) mass is 274 g/mol. The minimum Gasteiger partial charge on any atom is -0.343 e. The van der Waals surface area contributed by atoms with Gasteiger partial charge in [-0.25, -0.2) is 0 Å². The highest BCUT2D eigenvalue weighted by molar-refractivity contribution is 5.94. The predicted octanol–water partition coefficient (Wildman–Crippen LogP) is 2.30. The standard InChI is InChI=1S/C16H22N2O2/c1-3-15(19)18-11-9-13(10-12-18)16(20)17(2)14-7-5-4-6-8-14/h4-8,13H,3,9-12H2,1-2H3. The van der Waals surface area contributed by atoms with E-state index in [2.05, 4.69) is 0 Å². The van der Waals surface area contributed by atoms with Gasteiger partial charge in [-0.15, -0.1) is 0 Å². The summed E-state index contributed by atoms with van der Waals surface area (Å²) in [5, 5.41) is 0. The van der Waals surface area contributed by atoms with E-state index in [9.17, 15) is 9.59 Å². The van der Waals surface area contributed by atoms with Crippen LogP contribution in [0.15, 0.2) is 30.3 Å². The summed E-state index contributed by atoms with van der Waals surface area (Å²) in [5.74, 6) is 0.369. The van der Waals surface area contributed by atoms with Gasteiger partial charge in [0.05, 0.1) is 0 Å². The van der Waals surface area contributed by atoms with E-state index in [1.54, 1.807) is 4.90 Å². The second-order valence-electron chi connectivity index (χ2n) is 5.24. The molecule has 0 N–H and O–H groups in total. The van der Waals surface area contributed by atoms with Crippen LogP contribution < -0.4 is 4.90 Å². The van der Waals surface area contributed by atoms with E-state index in [1.807, 2.05) is 49.2 Å². The van der Waals surface area contributed by atoms with Crippen molar-refractivity contribution in [3.8, 4) is 0 Å². The highest BCUT2D eigenvalue weighted by Crippen LogP contribution is 2.22. The van der Waals surface area contributed by atoms with Crippen LogP contribution in [-0.2, 0) is 9.59 Å². The highest BCUT2D eigenvalue weighted by atomic mass is 16.2. The number of nitrogens with zero attached hydrogens (tertiary/aromatic N) is 2. The average Bonchev–Trinajstić information content (AvgIpc) is 2.53. The normalized spacial score (nSPS) is 16.0. The lowest BCUT2D eigenvalue weighted by Crippen LogP contribution is -2.43. The summed E-state index contributed by atoms with van der Waals surface area (Å²) < 4.78 is 0. The molecule has 1 aromatic rings. The van der Waals surface area contributed by atoms with E-state index >= 15 is 0 Å². The van der Waals surface area contributed by atoms with Crippen molar-refractivity contribution in [2.45, 2.75) is 26.2 Å². The molecule has 4 heteroatoms. The number of anilines is 1. The molecule has 1 aliphatic heterocycles. The van der Waals surface area contributed by atoms with Crippen molar-refractivity contribution in [1.29, 1.82) is 0 Å². The third-order valence-corrected chi connectivity index (χ3v) is 3.97. The molecular formula is C16H22N2O2. The fraction of sp³-hybridized carbons (Fsp3) is 0.500. The Morgan fingerprint density at radius 3 is 2.35 bits per heavy atom. The number of para-hydroxylation sites is 1. The van der Waals surface area contributed by atoms with Crippen LogP contribution in [0, 0.1) is 5.92 Å². The minimum atomic E-state index is 0.0288. The zero-order valence-corrected chi connectivity index (χ0v) is 12.2. The molecule has 0 aromatic heterocycles. The molecule has 2 rings (SSSR count). The van der Waals surface area contributed by atoms with Gasteiger partial charge in [-0.2, -0.15) is 0 Å². The van der Waals surface area contributed by atoms with Crippen molar-refractivity contribution in [3.63, 3.8) is 0 Å². The molecule has 4 nitrogen and oxygen atoms in total. The Hall–Kier alpha value is -1.84. The van der Waals surface area contributed by atoms with Crippen molar-refractivity contribution >= 4 is 17.5 Å². The summed E-state index contributed by atoms with van der Waals surface area (Å²) in [4.78, 5) is 27.7. The van der Waals surface area contributed by atoms with Gasteiger partial charge in [0.1, 0.15) is 0 Å².